The number of amides is 3. The molecule has 5 aromatic rings. The van der Waals surface area contributed by atoms with Gasteiger partial charge in [0.05, 0.1) is 45.6 Å². The van der Waals surface area contributed by atoms with Crippen molar-refractivity contribution >= 4 is 58.8 Å². The third-order valence-corrected chi connectivity index (χ3v) is 16.1. The van der Waals surface area contributed by atoms with Crippen molar-refractivity contribution in [2.45, 2.75) is 50.2 Å². The molecule has 0 bridgehead atoms. The van der Waals surface area contributed by atoms with Crippen molar-refractivity contribution in [2.24, 2.45) is 5.92 Å². The van der Waals surface area contributed by atoms with E-state index in [9.17, 15) is 19.5 Å². The number of nitrogens with zero attached hydrogens (tertiary/aromatic N) is 2. The topological polar surface area (TPSA) is 108 Å². The van der Waals surface area contributed by atoms with Crippen LogP contribution >= 0.6 is 0 Å². The highest BCUT2D eigenvalue weighted by molar-refractivity contribution is 6.91. The maximum absolute atomic E-state index is 14.5. The van der Waals surface area contributed by atoms with E-state index >= 15 is 0 Å². The summed E-state index contributed by atoms with van der Waals surface area (Å²) in [6, 6.07) is 35.1. The van der Waals surface area contributed by atoms with Gasteiger partial charge in [-0.1, -0.05) is 91.9 Å². The summed E-state index contributed by atoms with van der Waals surface area (Å²) in [6.07, 6.45) is -0.564. The van der Waals surface area contributed by atoms with Crippen LogP contribution < -0.4 is 20.1 Å². The minimum atomic E-state index is -2.52. The Morgan fingerprint density at radius 2 is 1.70 bits per heavy atom. The number of nitrogens with one attached hydrogen (secondary N) is 1. The average molecular weight is 726 g/mol. The van der Waals surface area contributed by atoms with E-state index in [2.05, 4.69) is 37.5 Å². The van der Waals surface area contributed by atoms with Gasteiger partial charge < -0.3 is 24.8 Å². The summed E-state index contributed by atoms with van der Waals surface area (Å²) in [5.74, 6) is -0.131. The van der Waals surface area contributed by atoms with Crippen molar-refractivity contribution in [3.05, 3.63) is 126 Å². The summed E-state index contributed by atoms with van der Waals surface area (Å²) in [5.41, 5.74) is 2.77. The van der Waals surface area contributed by atoms with Gasteiger partial charge in [0.1, 0.15) is 5.75 Å². The molecule has 3 amide bonds. The van der Waals surface area contributed by atoms with Crippen LogP contribution in [0.2, 0.25) is 18.6 Å². The van der Waals surface area contributed by atoms with Gasteiger partial charge >= 0.3 is 0 Å². The summed E-state index contributed by atoms with van der Waals surface area (Å²) in [6.45, 7) is 6.97. The Balaban J connectivity index is 1.21. The number of carbonyl (C=O) groups excluding carboxylic acids is 3. The predicted molar refractivity (Wildman–Crippen MR) is 209 cm³/mol. The van der Waals surface area contributed by atoms with Crippen LogP contribution in [-0.4, -0.2) is 62.2 Å². The maximum atomic E-state index is 14.5. The third-order valence-electron chi connectivity index (χ3n) is 11.7. The van der Waals surface area contributed by atoms with Crippen LogP contribution in [0.3, 0.4) is 0 Å². The molecule has 4 atom stereocenters. The molecule has 8 rings (SSSR count). The second-order valence-electron chi connectivity index (χ2n) is 14.9. The molecule has 0 aromatic heterocycles. The minimum Gasteiger partial charge on any atom is -0.497 e. The molecule has 2 N–H and O–H groups in total. The number of aliphatic hydroxyl groups is 1. The Bertz CT molecular complexity index is 2240. The van der Waals surface area contributed by atoms with Crippen LogP contribution in [0.4, 0.5) is 17.1 Å². The average Bonchev–Trinajstić information content (AvgIpc) is 3.74. The Morgan fingerprint density at radius 1 is 0.962 bits per heavy atom. The molecule has 5 aromatic carbocycles. The zero-order valence-corrected chi connectivity index (χ0v) is 31.3. The predicted octanol–water partition coefficient (Wildman–Crippen LogP) is 6.72. The van der Waals surface area contributed by atoms with Gasteiger partial charge in [0.25, 0.3) is 11.8 Å². The highest BCUT2D eigenvalue weighted by Gasteiger charge is 2.65. The molecule has 0 unspecified atom stereocenters. The largest absolute Gasteiger partial charge is 0.497 e. The molecule has 1 saturated heterocycles. The van der Waals surface area contributed by atoms with Crippen molar-refractivity contribution in [1.29, 1.82) is 0 Å². The van der Waals surface area contributed by atoms with E-state index in [1.165, 1.54) is 0 Å². The van der Waals surface area contributed by atoms with Crippen molar-refractivity contribution in [2.75, 3.05) is 30.5 Å². The van der Waals surface area contributed by atoms with Crippen molar-refractivity contribution in [3.63, 3.8) is 0 Å². The van der Waals surface area contributed by atoms with Gasteiger partial charge in [0.15, 0.2) is 5.60 Å². The number of hydrogen-bond acceptors (Lipinski definition) is 6. The second kappa shape index (κ2) is 13.3. The standard InChI is InChI=1S/C43H43N3O6Si/c1-27-40(53(3,4)32-19-17-31(51-2)18-20-32)37(25-38(48)45(22-23-47)26-28-10-6-5-7-11-28)52-43(27)34-24-30(16-21-35(34)44-42(43)50)46-36-15-9-13-29-12-8-14-33(39(29)36)41(46)49/h5-21,24,27,37,40,47H,22-23,25-26H2,1-4H3,(H,44,50)/t27-,37+,40-,43+/m0/s1. The number of anilines is 3. The Kier molecular flexibility index (Phi) is 8.72. The van der Waals surface area contributed by atoms with E-state index in [1.54, 1.807) is 16.9 Å². The summed E-state index contributed by atoms with van der Waals surface area (Å²) in [5, 5.41) is 16.1. The van der Waals surface area contributed by atoms with E-state index in [1.807, 2.05) is 97.1 Å². The van der Waals surface area contributed by atoms with Crippen molar-refractivity contribution in [3.8, 4) is 5.75 Å². The van der Waals surface area contributed by atoms with E-state index in [-0.39, 0.29) is 48.8 Å². The van der Waals surface area contributed by atoms with Crippen LogP contribution in [0.25, 0.3) is 10.8 Å². The first kappa shape index (κ1) is 34.8. The summed E-state index contributed by atoms with van der Waals surface area (Å²) in [4.78, 5) is 46.1. The molecule has 1 fully saturated rings. The SMILES string of the molecule is COc1ccc([Si](C)(C)[C@@H]2[C@@H](CC(=O)N(CCO)Cc3ccccc3)O[C@]3(C(=O)Nc4ccc(N5C(=O)c6cccc7cccc5c67)cc43)[C@H]2C)cc1. The van der Waals surface area contributed by atoms with Gasteiger partial charge in [-0.3, -0.25) is 19.3 Å². The first-order chi connectivity index (χ1) is 25.6. The monoisotopic (exact) mass is 725 g/mol. The lowest BCUT2D eigenvalue weighted by molar-refractivity contribution is -0.148. The Labute approximate surface area is 310 Å². The van der Waals surface area contributed by atoms with Crippen LogP contribution in [0, 0.1) is 5.92 Å². The maximum Gasteiger partial charge on any atom is 0.263 e. The molecule has 1 spiro atoms. The molecule has 0 saturated carbocycles. The molecule has 0 radical (unpaired) electrons. The molecule has 10 heteroatoms. The first-order valence-electron chi connectivity index (χ1n) is 18.2. The number of carbonyl (C=O) groups is 3. The fourth-order valence-electron chi connectivity index (χ4n) is 9.15. The first-order valence-corrected chi connectivity index (χ1v) is 21.2. The number of rotatable bonds is 10. The molecule has 9 nitrogen and oxygen atoms in total. The van der Waals surface area contributed by atoms with Gasteiger partial charge in [-0.15, -0.1) is 0 Å². The molecule has 3 aliphatic rings. The Hall–Kier alpha value is -5.29. The summed E-state index contributed by atoms with van der Waals surface area (Å²) < 4.78 is 12.6. The molecule has 53 heavy (non-hydrogen) atoms. The van der Waals surface area contributed by atoms with Crippen molar-refractivity contribution < 1.29 is 29.0 Å². The number of methoxy groups -OCH3 is 1. The summed E-state index contributed by atoms with van der Waals surface area (Å²) >= 11 is 0. The normalized spacial score (nSPS) is 21.7. The number of hydrogen-bond donors (Lipinski definition) is 2. The number of ether oxygens (including phenoxy) is 2. The lowest BCUT2D eigenvalue weighted by atomic mass is 9.82. The molecule has 0 aliphatic carbocycles. The third kappa shape index (κ3) is 5.55. The van der Waals surface area contributed by atoms with Gasteiger partial charge in [-0.05, 0) is 59.0 Å². The van der Waals surface area contributed by atoms with Gasteiger partial charge in [-0.25, -0.2) is 0 Å². The lowest BCUT2D eigenvalue weighted by Gasteiger charge is -2.37. The zero-order valence-electron chi connectivity index (χ0n) is 30.3. The lowest BCUT2D eigenvalue weighted by Crippen LogP contribution is -2.52. The second-order valence-corrected chi connectivity index (χ2v) is 19.6. The highest BCUT2D eigenvalue weighted by Crippen LogP contribution is 2.59. The fourth-order valence-corrected chi connectivity index (χ4v) is 13.2. The van der Waals surface area contributed by atoms with Crippen LogP contribution in [0.1, 0.15) is 34.8 Å². The zero-order chi connectivity index (χ0) is 37.1. The van der Waals surface area contributed by atoms with Crippen LogP contribution in [-0.2, 0) is 26.5 Å². The molecular weight excluding hydrogens is 683 g/mol. The van der Waals surface area contributed by atoms with Crippen LogP contribution in [0.15, 0.2) is 109 Å². The van der Waals surface area contributed by atoms with Crippen LogP contribution in [0.5, 0.6) is 5.75 Å². The van der Waals surface area contributed by atoms with E-state index in [4.69, 9.17) is 9.47 Å². The van der Waals surface area contributed by atoms with E-state index in [0.717, 1.165) is 33.0 Å². The van der Waals surface area contributed by atoms with Gasteiger partial charge in [0.2, 0.25) is 5.91 Å². The van der Waals surface area contributed by atoms with Crippen molar-refractivity contribution in [1.82, 2.24) is 4.90 Å². The van der Waals surface area contributed by atoms with Gasteiger partial charge in [-0.2, -0.15) is 0 Å². The van der Waals surface area contributed by atoms with Gasteiger partial charge in [0, 0.05) is 41.3 Å². The summed E-state index contributed by atoms with van der Waals surface area (Å²) in [7, 11) is -0.876. The molecule has 3 heterocycles. The molecular formula is C43H43N3O6Si. The minimum absolute atomic E-state index is 0.0421. The molecule has 270 valence electrons. The molecule has 3 aliphatic heterocycles. The highest BCUT2D eigenvalue weighted by atomic mass is 28.3. The number of fused-ring (bicyclic) bond motifs is 2. The van der Waals surface area contributed by atoms with E-state index < -0.39 is 19.8 Å². The van der Waals surface area contributed by atoms with E-state index in [0.29, 0.717) is 29.0 Å². The number of aliphatic hydroxyl groups excluding tert-OH is 1. The Morgan fingerprint density at radius 3 is 2.42 bits per heavy atom. The fraction of sp³-hybridized carbons (Fsp3) is 0.279. The smallest absolute Gasteiger partial charge is 0.263 e. The number of benzene rings is 5. The quantitative estimate of drug-likeness (QED) is 0.155.